The van der Waals surface area contributed by atoms with E-state index in [0.717, 1.165) is 56.2 Å². The van der Waals surface area contributed by atoms with Crippen LogP contribution < -0.4 is 0 Å². The molecule has 5 heteroatoms. The van der Waals surface area contributed by atoms with E-state index >= 15 is 0 Å². The molecule has 61 heavy (non-hydrogen) atoms. The van der Waals surface area contributed by atoms with Gasteiger partial charge in [-0.05, 0) is 99.8 Å². The number of hydrogen-bond donors (Lipinski definition) is 1. The number of pyridine rings is 2. The van der Waals surface area contributed by atoms with E-state index in [4.69, 9.17) is 9.97 Å². The monoisotopic (exact) mass is 792 g/mol. The Balaban J connectivity index is 1.15. The highest BCUT2D eigenvalue weighted by Crippen LogP contribution is 2.41. The molecule has 0 atom stereocenters. The fraction of sp³-hybridized carbons (Fsp3) is 0.143. The van der Waals surface area contributed by atoms with E-state index in [1.54, 1.807) is 6.07 Å². The summed E-state index contributed by atoms with van der Waals surface area (Å²) in [5, 5.41) is 13.6. The van der Waals surface area contributed by atoms with Gasteiger partial charge in [-0.3, -0.25) is 4.40 Å². The Kier molecular flexibility index (Phi) is 9.03. The summed E-state index contributed by atoms with van der Waals surface area (Å²) in [6, 6.07) is 59.5. The molecule has 0 aliphatic carbocycles. The molecule has 0 unspecified atom stereocenters. The van der Waals surface area contributed by atoms with Crippen LogP contribution in [0.15, 0.2) is 176 Å². The van der Waals surface area contributed by atoms with Crippen LogP contribution in [0.5, 0.6) is 5.75 Å². The Labute approximate surface area is 357 Å². The largest absolute Gasteiger partial charge is 0.507 e. The summed E-state index contributed by atoms with van der Waals surface area (Å²) < 4.78 is 4.55. The third kappa shape index (κ3) is 6.86. The first-order chi connectivity index (χ1) is 29.4. The normalized spacial score (nSPS) is 12.2. The Morgan fingerprint density at radius 2 is 1.05 bits per heavy atom. The van der Waals surface area contributed by atoms with Gasteiger partial charge in [0.25, 0.3) is 0 Å². The van der Waals surface area contributed by atoms with Crippen molar-refractivity contribution in [1.82, 2.24) is 18.9 Å². The van der Waals surface area contributed by atoms with Gasteiger partial charge in [-0.25, -0.2) is 9.97 Å². The van der Waals surface area contributed by atoms with Gasteiger partial charge in [-0.15, -0.1) is 0 Å². The highest BCUT2D eigenvalue weighted by atomic mass is 16.3. The van der Waals surface area contributed by atoms with Gasteiger partial charge in [0.15, 0.2) is 0 Å². The molecule has 0 radical (unpaired) electrons. The number of imidazole rings is 1. The molecular formula is C56H48N4O. The first-order valence-electron chi connectivity index (χ1n) is 21.0. The van der Waals surface area contributed by atoms with Crippen molar-refractivity contribution in [1.29, 1.82) is 0 Å². The Bertz CT molecular complexity index is 3210. The third-order valence-corrected chi connectivity index (χ3v) is 11.9. The van der Waals surface area contributed by atoms with E-state index in [-0.39, 0.29) is 16.6 Å². The van der Waals surface area contributed by atoms with Crippen molar-refractivity contribution in [3.63, 3.8) is 0 Å². The van der Waals surface area contributed by atoms with Crippen molar-refractivity contribution in [2.75, 3.05) is 0 Å². The summed E-state index contributed by atoms with van der Waals surface area (Å²) in [4.78, 5) is 10.6. The standard InChI is InChI=1S/C56H48N4O/c1-55(2,3)41-30-39(31-42(35-41)56(4,5)6)40-33-47(57-48(34-40)46-23-9-12-26-51(46)61)36-17-15-18-37(29-36)53-54(59-28-14-13-27-52(59)58-53)38-19-16-20-43(32-38)60-49-24-10-7-21-44(49)45-22-8-11-25-50(45)60/h7-35,61H,1-6H3. The van der Waals surface area contributed by atoms with Gasteiger partial charge < -0.3 is 9.67 Å². The summed E-state index contributed by atoms with van der Waals surface area (Å²) in [7, 11) is 0. The molecule has 0 amide bonds. The molecule has 0 bridgehead atoms. The molecule has 298 valence electrons. The van der Waals surface area contributed by atoms with Crippen molar-refractivity contribution in [3.8, 4) is 67.6 Å². The van der Waals surface area contributed by atoms with Crippen molar-refractivity contribution in [2.45, 2.75) is 52.4 Å². The van der Waals surface area contributed by atoms with Gasteiger partial charge in [0.05, 0.1) is 33.8 Å². The Hall–Kier alpha value is -7.24. The molecule has 10 aromatic rings. The average Bonchev–Trinajstić information content (AvgIpc) is 3.82. The number of aromatic hydroxyl groups is 1. The molecule has 0 saturated carbocycles. The molecule has 0 fully saturated rings. The average molecular weight is 793 g/mol. The number of para-hydroxylation sites is 3. The first-order valence-corrected chi connectivity index (χ1v) is 21.0. The second kappa shape index (κ2) is 14.5. The fourth-order valence-corrected chi connectivity index (χ4v) is 8.63. The lowest BCUT2D eigenvalue weighted by molar-refractivity contribution is 0.477. The van der Waals surface area contributed by atoms with Crippen LogP contribution in [0, 0.1) is 0 Å². The molecule has 0 aliphatic heterocycles. The molecule has 0 spiro atoms. The minimum Gasteiger partial charge on any atom is -0.507 e. The number of benzene rings is 6. The maximum Gasteiger partial charge on any atom is 0.137 e. The Morgan fingerprint density at radius 1 is 0.459 bits per heavy atom. The van der Waals surface area contributed by atoms with Gasteiger partial charge >= 0.3 is 0 Å². The summed E-state index contributed by atoms with van der Waals surface area (Å²) in [5.74, 6) is 0.197. The lowest BCUT2D eigenvalue weighted by atomic mass is 9.79. The first kappa shape index (κ1) is 38.0. The lowest BCUT2D eigenvalue weighted by Crippen LogP contribution is -2.16. The maximum atomic E-state index is 11.1. The number of nitrogens with zero attached hydrogens (tertiary/aromatic N) is 4. The van der Waals surface area contributed by atoms with Gasteiger partial charge in [0.1, 0.15) is 11.4 Å². The van der Waals surface area contributed by atoms with E-state index < -0.39 is 0 Å². The summed E-state index contributed by atoms with van der Waals surface area (Å²) in [6.45, 7) is 13.6. The van der Waals surface area contributed by atoms with Gasteiger partial charge in [0, 0.05) is 44.9 Å². The SMILES string of the molecule is CC(C)(C)c1cc(-c2cc(-c3cccc(-c4nc5ccccn5c4-c4cccc(-n5c6ccccc6c6ccccc65)c4)c3)nc(-c3ccccc3O)c2)cc(C(C)(C)C)c1. The van der Waals surface area contributed by atoms with E-state index in [2.05, 4.69) is 196 Å². The second-order valence-corrected chi connectivity index (χ2v) is 18.2. The van der Waals surface area contributed by atoms with Crippen LogP contribution in [0.4, 0.5) is 0 Å². The second-order valence-electron chi connectivity index (χ2n) is 18.2. The number of phenolic OH excluding ortho intramolecular Hbond substituents is 1. The molecule has 10 rings (SSSR count). The van der Waals surface area contributed by atoms with E-state index in [1.807, 2.05) is 24.3 Å². The molecule has 4 aromatic heterocycles. The number of phenols is 1. The molecule has 1 N–H and O–H groups in total. The van der Waals surface area contributed by atoms with Gasteiger partial charge in [-0.1, -0.05) is 145 Å². The fourth-order valence-electron chi connectivity index (χ4n) is 8.63. The van der Waals surface area contributed by atoms with E-state index in [1.165, 1.54) is 32.9 Å². The number of hydrogen-bond acceptors (Lipinski definition) is 3. The van der Waals surface area contributed by atoms with Crippen LogP contribution in [0.3, 0.4) is 0 Å². The highest BCUT2D eigenvalue weighted by molar-refractivity contribution is 6.09. The molecule has 4 heterocycles. The quantitative estimate of drug-likeness (QED) is 0.182. The molecule has 0 saturated heterocycles. The summed E-state index contributed by atoms with van der Waals surface area (Å²) >= 11 is 0. The number of fused-ring (bicyclic) bond motifs is 4. The smallest absolute Gasteiger partial charge is 0.137 e. The summed E-state index contributed by atoms with van der Waals surface area (Å²) in [5.41, 5.74) is 16.1. The minimum absolute atomic E-state index is 0.0461. The van der Waals surface area contributed by atoms with E-state index in [9.17, 15) is 5.11 Å². The molecule has 0 aliphatic rings. The topological polar surface area (TPSA) is 55.4 Å². The van der Waals surface area contributed by atoms with Crippen molar-refractivity contribution in [2.24, 2.45) is 0 Å². The lowest BCUT2D eigenvalue weighted by Gasteiger charge is -2.26. The maximum absolute atomic E-state index is 11.1. The van der Waals surface area contributed by atoms with Gasteiger partial charge in [-0.2, -0.15) is 0 Å². The van der Waals surface area contributed by atoms with Crippen LogP contribution >= 0.6 is 0 Å². The van der Waals surface area contributed by atoms with Crippen LogP contribution in [0.1, 0.15) is 52.7 Å². The minimum atomic E-state index is -0.0461. The van der Waals surface area contributed by atoms with Gasteiger partial charge in [0.2, 0.25) is 0 Å². The number of rotatable bonds is 6. The van der Waals surface area contributed by atoms with E-state index in [0.29, 0.717) is 11.3 Å². The zero-order chi connectivity index (χ0) is 42.0. The van der Waals surface area contributed by atoms with Crippen molar-refractivity contribution >= 4 is 27.5 Å². The molecule has 5 nitrogen and oxygen atoms in total. The van der Waals surface area contributed by atoms with Crippen molar-refractivity contribution in [3.05, 3.63) is 187 Å². The zero-order valence-corrected chi connectivity index (χ0v) is 35.5. The highest BCUT2D eigenvalue weighted by Gasteiger charge is 2.23. The van der Waals surface area contributed by atoms with Crippen molar-refractivity contribution < 1.29 is 5.11 Å². The third-order valence-electron chi connectivity index (χ3n) is 11.9. The Morgan fingerprint density at radius 3 is 1.75 bits per heavy atom. The zero-order valence-electron chi connectivity index (χ0n) is 35.5. The van der Waals surface area contributed by atoms with Crippen LogP contribution in [0.2, 0.25) is 0 Å². The van der Waals surface area contributed by atoms with Crippen LogP contribution in [-0.2, 0) is 10.8 Å². The predicted molar refractivity (Wildman–Crippen MR) is 254 cm³/mol. The molecular weight excluding hydrogens is 745 g/mol. The predicted octanol–water partition coefficient (Wildman–Crippen LogP) is 14.5. The van der Waals surface area contributed by atoms with Crippen LogP contribution in [0.25, 0.3) is 89.3 Å². The van der Waals surface area contributed by atoms with Crippen LogP contribution in [-0.4, -0.2) is 24.0 Å². The summed E-state index contributed by atoms with van der Waals surface area (Å²) in [6.07, 6.45) is 2.10. The molecule has 6 aromatic carbocycles. The number of aromatic nitrogens is 4.